The Hall–Kier alpha value is -1.39. The Morgan fingerprint density at radius 1 is 1.35 bits per heavy atom. The van der Waals surface area contributed by atoms with E-state index in [1.807, 2.05) is 37.2 Å². The molecule has 4 nitrogen and oxygen atoms in total. The summed E-state index contributed by atoms with van der Waals surface area (Å²) in [7, 11) is 4.04. The molecule has 0 radical (unpaired) electrons. The maximum atomic E-state index is 12.5. The third-order valence-electron chi connectivity index (χ3n) is 3.83. The quantitative estimate of drug-likeness (QED) is 0.908. The van der Waals surface area contributed by atoms with Gasteiger partial charge in [-0.15, -0.1) is 0 Å². The number of piperidine rings is 1. The average molecular weight is 276 g/mol. The Labute approximate surface area is 121 Å². The van der Waals surface area contributed by atoms with Crippen LogP contribution in [0.3, 0.4) is 0 Å². The smallest absolute Gasteiger partial charge is 0.253 e. The zero-order valence-electron chi connectivity index (χ0n) is 12.4. The van der Waals surface area contributed by atoms with Gasteiger partial charge in [-0.3, -0.25) is 4.79 Å². The van der Waals surface area contributed by atoms with Gasteiger partial charge in [0, 0.05) is 31.8 Å². The number of carbonyl (C=O) groups is 1. The van der Waals surface area contributed by atoms with Crippen LogP contribution in [-0.2, 0) is 6.54 Å². The minimum Gasteiger partial charge on any atom is -0.396 e. The van der Waals surface area contributed by atoms with Crippen molar-refractivity contribution in [3.05, 3.63) is 35.4 Å². The molecule has 2 rings (SSSR count). The van der Waals surface area contributed by atoms with Gasteiger partial charge in [-0.05, 0) is 50.6 Å². The van der Waals surface area contributed by atoms with Gasteiger partial charge in [0.2, 0.25) is 0 Å². The molecule has 110 valence electrons. The number of amides is 1. The molecule has 1 aromatic rings. The van der Waals surface area contributed by atoms with E-state index in [0.29, 0.717) is 5.92 Å². The van der Waals surface area contributed by atoms with E-state index in [4.69, 9.17) is 5.11 Å². The van der Waals surface area contributed by atoms with Gasteiger partial charge < -0.3 is 14.9 Å². The van der Waals surface area contributed by atoms with Gasteiger partial charge in [-0.25, -0.2) is 0 Å². The van der Waals surface area contributed by atoms with E-state index < -0.39 is 0 Å². The molecule has 0 unspecified atom stereocenters. The number of hydrogen-bond acceptors (Lipinski definition) is 3. The van der Waals surface area contributed by atoms with E-state index in [2.05, 4.69) is 11.0 Å². The van der Waals surface area contributed by atoms with Crippen LogP contribution in [0.15, 0.2) is 24.3 Å². The molecule has 1 amide bonds. The number of likely N-dealkylation sites (tertiary alicyclic amines) is 1. The fourth-order valence-corrected chi connectivity index (χ4v) is 2.67. The first-order chi connectivity index (χ1) is 9.60. The van der Waals surface area contributed by atoms with E-state index in [9.17, 15) is 4.79 Å². The second-order valence-corrected chi connectivity index (χ2v) is 5.86. The summed E-state index contributed by atoms with van der Waals surface area (Å²) >= 11 is 0. The van der Waals surface area contributed by atoms with Gasteiger partial charge >= 0.3 is 0 Å². The highest BCUT2D eigenvalue weighted by atomic mass is 16.3. The lowest BCUT2D eigenvalue weighted by molar-refractivity contribution is 0.0650. The number of benzene rings is 1. The minimum absolute atomic E-state index is 0.113. The van der Waals surface area contributed by atoms with E-state index >= 15 is 0 Å². The minimum atomic E-state index is 0.113. The van der Waals surface area contributed by atoms with Crippen molar-refractivity contribution in [2.45, 2.75) is 19.4 Å². The maximum absolute atomic E-state index is 12.5. The van der Waals surface area contributed by atoms with Crippen LogP contribution < -0.4 is 0 Å². The summed E-state index contributed by atoms with van der Waals surface area (Å²) in [5.41, 5.74) is 1.93. The number of aliphatic hydroxyl groups is 1. The molecule has 1 heterocycles. The average Bonchev–Trinajstić information content (AvgIpc) is 2.46. The molecular formula is C16H24N2O2. The number of rotatable bonds is 4. The molecule has 1 aliphatic heterocycles. The predicted octanol–water partition coefficient (Wildman–Crippen LogP) is 1.59. The largest absolute Gasteiger partial charge is 0.396 e. The zero-order chi connectivity index (χ0) is 14.5. The summed E-state index contributed by atoms with van der Waals surface area (Å²) < 4.78 is 0. The highest BCUT2D eigenvalue weighted by molar-refractivity contribution is 5.94. The van der Waals surface area contributed by atoms with Crippen LogP contribution in [0.4, 0.5) is 0 Å². The topological polar surface area (TPSA) is 43.8 Å². The molecule has 1 N–H and O–H groups in total. The second kappa shape index (κ2) is 6.86. The third kappa shape index (κ3) is 3.81. The first kappa shape index (κ1) is 15.0. The van der Waals surface area contributed by atoms with Gasteiger partial charge in [0.1, 0.15) is 0 Å². The number of nitrogens with zero attached hydrogens (tertiary/aromatic N) is 2. The molecular weight excluding hydrogens is 252 g/mol. The van der Waals surface area contributed by atoms with E-state index in [1.54, 1.807) is 0 Å². The van der Waals surface area contributed by atoms with Crippen molar-refractivity contribution in [2.75, 3.05) is 33.8 Å². The Morgan fingerprint density at radius 3 is 2.65 bits per heavy atom. The predicted molar refractivity (Wildman–Crippen MR) is 79.5 cm³/mol. The first-order valence-electron chi connectivity index (χ1n) is 7.24. The lowest BCUT2D eigenvalue weighted by atomic mass is 9.97. The zero-order valence-corrected chi connectivity index (χ0v) is 12.4. The summed E-state index contributed by atoms with van der Waals surface area (Å²) in [6, 6.07) is 7.88. The monoisotopic (exact) mass is 276 g/mol. The Balaban J connectivity index is 2.02. The van der Waals surface area contributed by atoms with Crippen molar-refractivity contribution in [1.82, 2.24) is 9.80 Å². The van der Waals surface area contributed by atoms with Crippen molar-refractivity contribution >= 4 is 5.91 Å². The lowest BCUT2D eigenvalue weighted by Gasteiger charge is -2.31. The molecule has 0 bridgehead atoms. The van der Waals surface area contributed by atoms with Gasteiger partial charge in [0.15, 0.2) is 0 Å². The Bertz CT molecular complexity index is 452. The van der Waals surface area contributed by atoms with Crippen molar-refractivity contribution in [3.8, 4) is 0 Å². The molecule has 0 saturated carbocycles. The Morgan fingerprint density at radius 2 is 2.05 bits per heavy atom. The summed E-state index contributed by atoms with van der Waals surface area (Å²) in [6.45, 7) is 2.58. The number of hydrogen-bond donors (Lipinski definition) is 1. The van der Waals surface area contributed by atoms with Crippen LogP contribution in [0.2, 0.25) is 0 Å². The number of aliphatic hydroxyl groups excluding tert-OH is 1. The molecule has 4 heteroatoms. The molecule has 20 heavy (non-hydrogen) atoms. The molecule has 1 aliphatic rings. The maximum Gasteiger partial charge on any atom is 0.253 e. The third-order valence-corrected chi connectivity index (χ3v) is 3.83. The van der Waals surface area contributed by atoms with E-state index in [-0.39, 0.29) is 12.5 Å². The molecule has 1 fully saturated rings. The van der Waals surface area contributed by atoms with Crippen LogP contribution in [-0.4, -0.2) is 54.6 Å². The summed E-state index contributed by atoms with van der Waals surface area (Å²) in [6.07, 6.45) is 1.80. The van der Waals surface area contributed by atoms with E-state index in [0.717, 1.165) is 43.6 Å². The molecule has 0 aromatic heterocycles. The van der Waals surface area contributed by atoms with Crippen molar-refractivity contribution in [2.24, 2.45) is 5.92 Å². The summed E-state index contributed by atoms with van der Waals surface area (Å²) in [5, 5.41) is 9.15. The van der Waals surface area contributed by atoms with Crippen LogP contribution in [0.5, 0.6) is 0 Å². The van der Waals surface area contributed by atoms with Gasteiger partial charge in [-0.1, -0.05) is 12.1 Å². The van der Waals surface area contributed by atoms with Gasteiger partial charge in [0.25, 0.3) is 5.91 Å². The fraction of sp³-hybridized carbons (Fsp3) is 0.562. The second-order valence-electron chi connectivity index (χ2n) is 5.86. The molecule has 1 saturated heterocycles. The summed E-state index contributed by atoms with van der Waals surface area (Å²) in [4.78, 5) is 16.5. The van der Waals surface area contributed by atoms with Gasteiger partial charge in [-0.2, -0.15) is 0 Å². The molecule has 0 spiro atoms. The van der Waals surface area contributed by atoms with Crippen molar-refractivity contribution in [3.63, 3.8) is 0 Å². The van der Waals surface area contributed by atoms with Crippen LogP contribution in [0, 0.1) is 5.92 Å². The van der Waals surface area contributed by atoms with E-state index in [1.165, 1.54) is 0 Å². The Kier molecular flexibility index (Phi) is 5.15. The van der Waals surface area contributed by atoms with Crippen molar-refractivity contribution in [1.29, 1.82) is 0 Å². The van der Waals surface area contributed by atoms with Gasteiger partial charge in [0.05, 0.1) is 0 Å². The highest BCUT2D eigenvalue weighted by Gasteiger charge is 2.23. The lowest BCUT2D eigenvalue weighted by Crippen LogP contribution is -2.39. The van der Waals surface area contributed by atoms with Crippen LogP contribution >= 0.6 is 0 Å². The normalized spacial score (nSPS) is 16.7. The van der Waals surface area contributed by atoms with Crippen LogP contribution in [0.25, 0.3) is 0 Å². The standard InChI is InChI=1S/C16H24N2O2/c1-17(2)11-14-4-3-5-15(10-14)16(20)18-8-6-13(12-19)7-9-18/h3-5,10,13,19H,6-9,11-12H2,1-2H3. The van der Waals surface area contributed by atoms with Crippen LogP contribution in [0.1, 0.15) is 28.8 Å². The fourth-order valence-electron chi connectivity index (χ4n) is 2.67. The van der Waals surface area contributed by atoms with Crippen molar-refractivity contribution < 1.29 is 9.90 Å². The summed E-state index contributed by atoms with van der Waals surface area (Å²) in [5.74, 6) is 0.473. The SMILES string of the molecule is CN(C)Cc1cccc(C(=O)N2CCC(CO)CC2)c1. The first-order valence-corrected chi connectivity index (χ1v) is 7.24. The number of carbonyl (C=O) groups excluding carboxylic acids is 1. The molecule has 1 aromatic carbocycles. The molecule has 0 aliphatic carbocycles. The highest BCUT2D eigenvalue weighted by Crippen LogP contribution is 2.19. The molecule has 0 atom stereocenters.